The Kier molecular flexibility index (Phi) is 4.82. The van der Waals surface area contributed by atoms with Gasteiger partial charge in [0.05, 0.1) is 12.8 Å². The molecule has 2 aromatic carbocycles. The maximum atomic E-state index is 5.25. The van der Waals surface area contributed by atoms with Gasteiger partial charge in [0.15, 0.2) is 0 Å². The Morgan fingerprint density at radius 3 is 2.37 bits per heavy atom. The zero-order chi connectivity index (χ0) is 18.8. The molecule has 4 rings (SSSR count). The maximum Gasteiger partial charge on any atom is 0.124 e. The van der Waals surface area contributed by atoms with Gasteiger partial charge < -0.3 is 10.1 Å². The van der Waals surface area contributed by atoms with Gasteiger partial charge in [0.25, 0.3) is 0 Å². The smallest absolute Gasteiger partial charge is 0.124 e. The second kappa shape index (κ2) is 7.41. The zero-order valence-corrected chi connectivity index (χ0v) is 16.5. The molecule has 27 heavy (non-hydrogen) atoms. The van der Waals surface area contributed by atoms with Gasteiger partial charge in [-0.05, 0) is 43.7 Å². The molecule has 4 heteroatoms. The minimum atomic E-state index is 0.260. The van der Waals surface area contributed by atoms with Crippen LogP contribution in [0.5, 0.6) is 5.75 Å². The SMILES string of the molecule is COc1ccc(-c2csc(-c3ccccc3C3C=C(C)NC(C)=C3)n2)cc1. The Hall–Kier alpha value is -2.85. The van der Waals surface area contributed by atoms with Crippen molar-refractivity contribution in [3.05, 3.63) is 83.0 Å². The molecule has 0 amide bonds. The third kappa shape index (κ3) is 3.67. The van der Waals surface area contributed by atoms with Crippen LogP contribution in [0.2, 0.25) is 0 Å². The van der Waals surface area contributed by atoms with Crippen LogP contribution in [0.1, 0.15) is 25.3 Å². The molecule has 0 spiro atoms. The van der Waals surface area contributed by atoms with E-state index in [0.29, 0.717) is 0 Å². The van der Waals surface area contributed by atoms with Gasteiger partial charge in [0, 0.05) is 33.8 Å². The summed E-state index contributed by atoms with van der Waals surface area (Å²) >= 11 is 1.69. The number of dihydropyridines is 1. The van der Waals surface area contributed by atoms with Crippen molar-refractivity contribution in [1.29, 1.82) is 0 Å². The molecule has 1 aromatic heterocycles. The largest absolute Gasteiger partial charge is 0.497 e. The fourth-order valence-corrected chi connectivity index (χ4v) is 4.31. The van der Waals surface area contributed by atoms with E-state index in [1.807, 2.05) is 12.1 Å². The second-order valence-electron chi connectivity index (χ2n) is 6.70. The van der Waals surface area contributed by atoms with Crippen LogP contribution < -0.4 is 10.1 Å². The highest BCUT2D eigenvalue weighted by atomic mass is 32.1. The highest BCUT2D eigenvalue weighted by molar-refractivity contribution is 7.13. The van der Waals surface area contributed by atoms with Gasteiger partial charge in [-0.2, -0.15) is 0 Å². The maximum absolute atomic E-state index is 5.25. The molecule has 0 saturated carbocycles. The Morgan fingerprint density at radius 2 is 1.67 bits per heavy atom. The minimum Gasteiger partial charge on any atom is -0.497 e. The summed E-state index contributed by atoms with van der Waals surface area (Å²) in [6.07, 6.45) is 4.54. The lowest BCUT2D eigenvalue weighted by Crippen LogP contribution is -2.15. The number of rotatable bonds is 4. The van der Waals surface area contributed by atoms with Gasteiger partial charge in [0.1, 0.15) is 10.8 Å². The Balaban J connectivity index is 1.71. The third-order valence-corrected chi connectivity index (χ3v) is 5.57. The monoisotopic (exact) mass is 374 g/mol. The minimum absolute atomic E-state index is 0.260. The summed E-state index contributed by atoms with van der Waals surface area (Å²) < 4.78 is 5.25. The van der Waals surface area contributed by atoms with Crippen LogP contribution in [-0.2, 0) is 0 Å². The molecule has 3 nitrogen and oxygen atoms in total. The average molecular weight is 375 g/mol. The fourth-order valence-electron chi connectivity index (χ4n) is 3.43. The molecular formula is C23H22N2OS. The summed E-state index contributed by atoms with van der Waals surface area (Å²) in [6, 6.07) is 16.6. The van der Waals surface area contributed by atoms with Crippen molar-refractivity contribution in [3.8, 4) is 27.6 Å². The number of benzene rings is 2. The van der Waals surface area contributed by atoms with E-state index in [0.717, 1.165) is 22.0 Å². The lowest BCUT2D eigenvalue weighted by Gasteiger charge is -2.21. The predicted molar refractivity (Wildman–Crippen MR) is 113 cm³/mol. The quantitative estimate of drug-likeness (QED) is 0.610. The summed E-state index contributed by atoms with van der Waals surface area (Å²) in [5.74, 6) is 1.12. The van der Waals surface area contributed by atoms with Crippen molar-refractivity contribution in [2.75, 3.05) is 7.11 Å². The number of ether oxygens (including phenoxy) is 1. The van der Waals surface area contributed by atoms with Crippen LogP contribution in [0.3, 0.4) is 0 Å². The Bertz CT molecular complexity index is 997. The molecule has 0 aliphatic carbocycles. The van der Waals surface area contributed by atoms with Gasteiger partial charge in [-0.3, -0.25) is 0 Å². The highest BCUT2D eigenvalue weighted by Crippen LogP contribution is 2.36. The number of thiazole rings is 1. The first-order chi connectivity index (χ1) is 13.1. The molecule has 1 aliphatic heterocycles. The van der Waals surface area contributed by atoms with Gasteiger partial charge in [-0.25, -0.2) is 4.98 Å². The third-order valence-electron chi connectivity index (χ3n) is 4.69. The summed E-state index contributed by atoms with van der Waals surface area (Å²) in [7, 11) is 1.68. The molecule has 0 fully saturated rings. The summed E-state index contributed by atoms with van der Waals surface area (Å²) in [4.78, 5) is 4.92. The van der Waals surface area contributed by atoms with Crippen LogP contribution in [0.15, 0.2) is 77.5 Å². The number of nitrogens with one attached hydrogen (secondary N) is 1. The van der Waals surface area contributed by atoms with E-state index in [-0.39, 0.29) is 5.92 Å². The fraction of sp³-hybridized carbons (Fsp3) is 0.174. The summed E-state index contributed by atoms with van der Waals surface area (Å²) in [6.45, 7) is 4.22. The number of hydrogen-bond acceptors (Lipinski definition) is 4. The van der Waals surface area contributed by atoms with E-state index >= 15 is 0 Å². The van der Waals surface area contributed by atoms with Crippen LogP contribution in [-0.4, -0.2) is 12.1 Å². The van der Waals surface area contributed by atoms with E-state index in [1.165, 1.54) is 22.5 Å². The van der Waals surface area contributed by atoms with Crippen molar-refractivity contribution < 1.29 is 4.74 Å². The molecule has 3 aromatic rings. The average Bonchev–Trinajstić information content (AvgIpc) is 3.17. The van der Waals surface area contributed by atoms with E-state index in [1.54, 1.807) is 18.4 Å². The summed E-state index contributed by atoms with van der Waals surface area (Å²) in [5, 5.41) is 6.54. The molecule has 2 heterocycles. The zero-order valence-electron chi connectivity index (χ0n) is 15.7. The summed E-state index contributed by atoms with van der Waals surface area (Å²) in [5.41, 5.74) is 6.96. The number of hydrogen-bond donors (Lipinski definition) is 1. The first kappa shape index (κ1) is 17.6. The Labute approximate surface area is 164 Å². The number of methoxy groups -OCH3 is 1. The first-order valence-corrected chi connectivity index (χ1v) is 9.85. The predicted octanol–water partition coefficient (Wildman–Crippen LogP) is 5.98. The van der Waals surface area contributed by atoms with E-state index < -0.39 is 0 Å². The molecule has 0 saturated heterocycles. The van der Waals surface area contributed by atoms with Crippen molar-refractivity contribution in [1.82, 2.24) is 10.3 Å². The molecule has 0 unspecified atom stereocenters. The number of allylic oxidation sites excluding steroid dienone is 4. The highest BCUT2D eigenvalue weighted by Gasteiger charge is 2.17. The van der Waals surface area contributed by atoms with E-state index in [2.05, 4.69) is 73.1 Å². The van der Waals surface area contributed by atoms with Gasteiger partial charge >= 0.3 is 0 Å². The van der Waals surface area contributed by atoms with E-state index in [9.17, 15) is 0 Å². The van der Waals surface area contributed by atoms with Crippen LogP contribution in [0.4, 0.5) is 0 Å². The molecule has 0 atom stereocenters. The molecular weight excluding hydrogens is 352 g/mol. The van der Waals surface area contributed by atoms with Crippen molar-refractivity contribution >= 4 is 11.3 Å². The van der Waals surface area contributed by atoms with Crippen molar-refractivity contribution in [3.63, 3.8) is 0 Å². The molecule has 136 valence electrons. The van der Waals surface area contributed by atoms with Crippen molar-refractivity contribution in [2.24, 2.45) is 0 Å². The molecule has 1 aliphatic rings. The van der Waals surface area contributed by atoms with Gasteiger partial charge in [0.2, 0.25) is 0 Å². The Morgan fingerprint density at radius 1 is 0.963 bits per heavy atom. The van der Waals surface area contributed by atoms with Crippen LogP contribution in [0.25, 0.3) is 21.8 Å². The molecule has 0 radical (unpaired) electrons. The topological polar surface area (TPSA) is 34.1 Å². The standard InChI is InChI=1S/C23H22N2OS/c1-15-12-18(13-16(2)24-15)20-6-4-5-7-21(20)23-25-22(14-27-23)17-8-10-19(26-3)11-9-17/h4-14,18,24H,1-3H3. The molecule has 0 bridgehead atoms. The first-order valence-electron chi connectivity index (χ1n) is 8.97. The van der Waals surface area contributed by atoms with Gasteiger partial charge in [-0.1, -0.05) is 36.4 Å². The number of nitrogens with zero attached hydrogens (tertiary/aromatic N) is 1. The van der Waals surface area contributed by atoms with Crippen LogP contribution >= 0.6 is 11.3 Å². The van der Waals surface area contributed by atoms with Crippen LogP contribution in [0, 0.1) is 0 Å². The van der Waals surface area contributed by atoms with E-state index in [4.69, 9.17) is 9.72 Å². The lowest BCUT2D eigenvalue weighted by atomic mass is 9.91. The van der Waals surface area contributed by atoms with Gasteiger partial charge in [-0.15, -0.1) is 11.3 Å². The lowest BCUT2D eigenvalue weighted by molar-refractivity contribution is 0.415. The van der Waals surface area contributed by atoms with Crippen molar-refractivity contribution in [2.45, 2.75) is 19.8 Å². The normalized spacial score (nSPS) is 14.3. The number of aromatic nitrogens is 1. The molecule has 1 N–H and O–H groups in total. The second-order valence-corrected chi connectivity index (χ2v) is 7.56.